The van der Waals surface area contributed by atoms with Gasteiger partial charge in [-0.1, -0.05) is 42.4 Å². The van der Waals surface area contributed by atoms with Gasteiger partial charge in [0, 0.05) is 16.8 Å². The number of rotatable bonds is 5. The Morgan fingerprint density at radius 3 is 2.50 bits per heavy atom. The molecule has 0 spiro atoms. The van der Waals surface area contributed by atoms with Crippen molar-refractivity contribution in [3.05, 3.63) is 66.2 Å². The monoisotopic (exact) mass is 259 g/mol. The first kappa shape index (κ1) is 12.5. The Labute approximate surface area is 112 Å². The molecule has 18 heavy (non-hydrogen) atoms. The van der Waals surface area contributed by atoms with Crippen LogP contribution in [0.4, 0.5) is 5.69 Å². The minimum Gasteiger partial charge on any atom is -0.457 e. The molecule has 1 N–H and O–H groups in total. The van der Waals surface area contributed by atoms with Gasteiger partial charge in [0.2, 0.25) is 0 Å². The van der Waals surface area contributed by atoms with Crippen molar-refractivity contribution in [1.29, 1.82) is 0 Å². The number of halogens is 1. The van der Waals surface area contributed by atoms with E-state index in [1.165, 1.54) is 0 Å². The molecule has 92 valence electrons. The molecule has 0 fully saturated rings. The van der Waals surface area contributed by atoms with Crippen LogP contribution in [0.5, 0.6) is 11.5 Å². The third kappa shape index (κ3) is 3.82. The van der Waals surface area contributed by atoms with Gasteiger partial charge < -0.3 is 10.1 Å². The van der Waals surface area contributed by atoms with Gasteiger partial charge in [-0.05, 0) is 24.3 Å². The van der Waals surface area contributed by atoms with Crippen LogP contribution >= 0.6 is 11.6 Å². The lowest BCUT2D eigenvalue weighted by molar-refractivity contribution is 0.483. The fourth-order valence-corrected chi connectivity index (χ4v) is 1.56. The Balaban J connectivity index is 2.05. The lowest BCUT2D eigenvalue weighted by Gasteiger charge is -2.09. The van der Waals surface area contributed by atoms with Crippen LogP contribution in [0.2, 0.25) is 0 Å². The zero-order valence-corrected chi connectivity index (χ0v) is 10.7. The third-order valence-corrected chi connectivity index (χ3v) is 2.43. The van der Waals surface area contributed by atoms with Crippen LogP contribution in [0, 0.1) is 0 Å². The molecule has 0 saturated carbocycles. The van der Waals surface area contributed by atoms with Gasteiger partial charge in [0.25, 0.3) is 0 Å². The van der Waals surface area contributed by atoms with E-state index in [0.29, 0.717) is 11.6 Å². The van der Waals surface area contributed by atoms with Crippen molar-refractivity contribution >= 4 is 17.3 Å². The minimum atomic E-state index is 0.538. The van der Waals surface area contributed by atoms with Crippen molar-refractivity contribution in [3.63, 3.8) is 0 Å². The molecule has 0 heterocycles. The summed E-state index contributed by atoms with van der Waals surface area (Å²) in [6.45, 7) is 4.17. The molecule has 0 atom stereocenters. The van der Waals surface area contributed by atoms with E-state index in [2.05, 4.69) is 11.9 Å². The topological polar surface area (TPSA) is 21.3 Å². The second kappa shape index (κ2) is 6.12. The lowest BCUT2D eigenvalue weighted by atomic mass is 10.3. The fraction of sp³-hybridized carbons (Fsp3) is 0.0667. The van der Waals surface area contributed by atoms with Crippen molar-refractivity contribution in [3.8, 4) is 11.5 Å². The summed E-state index contributed by atoms with van der Waals surface area (Å²) in [4.78, 5) is 0. The Morgan fingerprint density at radius 2 is 1.78 bits per heavy atom. The molecule has 2 aromatic rings. The van der Waals surface area contributed by atoms with Crippen LogP contribution in [0.3, 0.4) is 0 Å². The highest BCUT2D eigenvalue weighted by atomic mass is 35.5. The molecule has 0 aliphatic rings. The summed E-state index contributed by atoms with van der Waals surface area (Å²) >= 11 is 5.71. The average Bonchev–Trinajstić information content (AvgIpc) is 2.38. The Hall–Kier alpha value is -1.93. The van der Waals surface area contributed by atoms with Crippen LogP contribution in [-0.2, 0) is 0 Å². The molecule has 0 aliphatic heterocycles. The number of anilines is 1. The van der Waals surface area contributed by atoms with Crippen LogP contribution in [0.1, 0.15) is 0 Å². The smallest absolute Gasteiger partial charge is 0.129 e. The highest BCUT2D eigenvalue weighted by Crippen LogP contribution is 2.23. The summed E-state index contributed by atoms with van der Waals surface area (Å²) < 4.78 is 5.73. The van der Waals surface area contributed by atoms with Crippen molar-refractivity contribution in [2.75, 3.05) is 11.9 Å². The molecule has 0 saturated heterocycles. The third-order valence-electron chi connectivity index (χ3n) is 2.30. The van der Waals surface area contributed by atoms with Crippen LogP contribution in [0.15, 0.2) is 66.2 Å². The molecule has 3 heteroatoms. The highest BCUT2D eigenvalue weighted by Gasteiger charge is 1.98. The van der Waals surface area contributed by atoms with Gasteiger partial charge in [0.05, 0.1) is 6.54 Å². The fourth-order valence-electron chi connectivity index (χ4n) is 1.49. The van der Waals surface area contributed by atoms with E-state index in [1.54, 1.807) is 0 Å². The Morgan fingerprint density at radius 1 is 1.06 bits per heavy atom. The van der Waals surface area contributed by atoms with E-state index in [0.717, 1.165) is 17.2 Å². The highest BCUT2D eigenvalue weighted by molar-refractivity contribution is 6.29. The summed E-state index contributed by atoms with van der Waals surface area (Å²) in [6, 6.07) is 17.4. The second-order valence-electron chi connectivity index (χ2n) is 3.81. The van der Waals surface area contributed by atoms with Gasteiger partial charge in [-0.3, -0.25) is 0 Å². The van der Waals surface area contributed by atoms with Gasteiger partial charge in [0.1, 0.15) is 11.5 Å². The maximum atomic E-state index is 5.73. The van der Waals surface area contributed by atoms with Crippen molar-refractivity contribution in [2.24, 2.45) is 0 Å². The predicted molar refractivity (Wildman–Crippen MR) is 76.4 cm³/mol. The van der Waals surface area contributed by atoms with Crippen LogP contribution in [0.25, 0.3) is 0 Å². The molecule has 0 amide bonds. The molecule has 2 aromatic carbocycles. The van der Waals surface area contributed by atoms with Crippen molar-refractivity contribution < 1.29 is 4.74 Å². The largest absolute Gasteiger partial charge is 0.457 e. The molecular formula is C15H14ClNO. The lowest BCUT2D eigenvalue weighted by Crippen LogP contribution is -2.00. The number of ether oxygens (including phenoxy) is 1. The number of hydrogen-bond acceptors (Lipinski definition) is 2. The molecule has 0 aliphatic carbocycles. The molecule has 0 unspecified atom stereocenters. The molecule has 0 bridgehead atoms. The van der Waals surface area contributed by atoms with E-state index in [9.17, 15) is 0 Å². The first-order chi connectivity index (χ1) is 8.74. The van der Waals surface area contributed by atoms with Crippen LogP contribution < -0.4 is 10.1 Å². The number of benzene rings is 2. The standard InChI is InChI=1S/C15H14ClNO/c1-12(16)11-17-13-6-5-9-15(10-13)18-14-7-3-2-4-8-14/h2-10,17H,1,11H2. The van der Waals surface area contributed by atoms with E-state index >= 15 is 0 Å². The maximum absolute atomic E-state index is 5.73. The van der Waals surface area contributed by atoms with E-state index in [1.807, 2.05) is 54.6 Å². The zero-order chi connectivity index (χ0) is 12.8. The van der Waals surface area contributed by atoms with Gasteiger partial charge in [-0.2, -0.15) is 0 Å². The summed E-state index contributed by atoms with van der Waals surface area (Å²) in [5.74, 6) is 1.60. The number of nitrogens with one attached hydrogen (secondary N) is 1. The first-order valence-electron chi connectivity index (χ1n) is 5.64. The second-order valence-corrected chi connectivity index (χ2v) is 4.35. The molecule has 2 nitrogen and oxygen atoms in total. The summed E-state index contributed by atoms with van der Waals surface area (Å²) in [7, 11) is 0. The Kier molecular flexibility index (Phi) is 4.26. The Bertz CT molecular complexity index is 525. The van der Waals surface area contributed by atoms with Gasteiger partial charge in [-0.25, -0.2) is 0 Å². The van der Waals surface area contributed by atoms with Crippen molar-refractivity contribution in [2.45, 2.75) is 0 Å². The number of hydrogen-bond donors (Lipinski definition) is 1. The van der Waals surface area contributed by atoms with Crippen molar-refractivity contribution in [1.82, 2.24) is 0 Å². The maximum Gasteiger partial charge on any atom is 0.129 e. The summed E-state index contributed by atoms with van der Waals surface area (Å²) in [5, 5.41) is 3.73. The van der Waals surface area contributed by atoms with E-state index in [4.69, 9.17) is 16.3 Å². The normalized spacial score (nSPS) is 9.83. The zero-order valence-electron chi connectivity index (χ0n) is 9.90. The molecule has 0 aromatic heterocycles. The number of para-hydroxylation sites is 1. The summed E-state index contributed by atoms with van der Waals surface area (Å²) in [6.07, 6.45) is 0. The minimum absolute atomic E-state index is 0.538. The summed E-state index contributed by atoms with van der Waals surface area (Å²) in [5.41, 5.74) is 0.949. The first-order valence-corrected chi connectivity index (χ1v) is 6.02. The van der Waals surface area contributed by atoms with E-state index < -0.39 is 0 Å². The average molecular weight is 260 g/mol. The SMILES string of the molecule is C=C(Cl)CNc1cccc(Oc2ccccc2)c1. The predicted octanol–water partition coefficient (Wildman–Crippen LogP) is 4.64. The van der Waals surface area contributed by atoms with Gasteiger partial charge >= 0.3 is 0 Å². The molecular weight excluding hydrogens is 246 g/mol. The van der Waals surface area contributed by atoms with Gasteiger partial charge in [0.15, 0.2) is 0 Å². The van der Waals surface area contributed by atoms with E-state index in [-0.39, 0.29) is 0 Å². The molecule has 0 radical (unpaired) electrons. The van der Waals surface area contributed by atoms with Crippen LogP contribution in [-0.4, -0.2) is 6.54 Å². The molecule has 2 rings (SSSR count). The van der Waals surface area contributed by atoms with Gasteiger partial charge in [-0.15, -0.1) is 0 Å². The quantitative estimate of drug-likeness (QED) is 0.844.